The molecule has 0 aromatic heterocycles. The zero-order valence-corrected chi connectivity index (χ0v) is 10.7. The van der Waals surface area contributed by atoms with E-state index < -0.39 is 5.60 Å². The monoisotopic (exact) mass is 221 g/mol. The van der Waals surface area contributed by atoms with Crippen molar-refractivity contribution in [1.29, 1.82) is 0 Å². The molecular weight excluding hydrogens is 198 g/mol. The number of hydrogen-bond donors (Lipinski definition) is 2. The summed E-state index contributed by atoms with van der Waals surface area (Å²) >= 11 is 0. The summed E-state index contributed by atoms with van der Waals surface area (Å²) in [7, 11) is 0. The Bertz CT molecular complexity index is 328. The van der Waals surface area contributed by atoms with Crippen LogP contribution in [0.25, 0.3) is 0 Å². The van der Waals surface area contributed by atoms with E-state index in [0.717, 1.165) is 13.0 Å². The van der Waals surface area contributed by atoms with Gasteiger partial charge in [0.25, 0.3) is 0 Å². The second-order valence-corrected chi connectivity index (χ2v) is 5.09. The van der Waals surface area contributed by atoms with E-state index in [0.29, 0.717) is 6.04 Å². The van der Waals surface area contributed by atoms with Crippen molar-refractivity contribution in [2.75, 3.05) is 6.54 Å². The zero-order chi connectivity index (χ0) is 12.2. The van der Waals surface area contributed by atoms with Gasteiger partial charge in [-0.25, -0.2) is 0 Å². The predicted octanol–water partition coefficient (Wildman–Crippen LogP) is 2.81. The van der Waals surface area contributed by atoms with E-state index in [4.69, 9.17) is 0 Å². The molecule has 1 aromatic carbocycles. The van der Waals surface area contributed by atoms with Crippen LogP contribution in [-0.4, -0.2) is 17.3 Å². The van der Waals surface area contributed by atoms with Gasteiger partial charge in [0, 0.05) is 6.04 Å². The highest BCUT2D eigenvalue weighted by Gasteiger charge is 2.13. The Balaban J connectivity index is 2.47. The molecule has 0 heterocycles. The maximum absolute atomic E-state index is 9.62. The first kappa shape index (κ1) is 13.2. The molecule has 2 nitrogen and oxygen atoms in total. The fraction of sp³-hybridized carbons (Fsp3) is 0.571. The molecule has 0 fully saturated rings. The van der Waals surface area contributed by atoms with Gasteiger partial charge >= 0.3 is 0 Å². The smallest absolute Gasteiger partial charge is 0.0603 e. The van der Waals surface area contributed by atoms with Gasteiger partial charge in [-0.15, -0.1) is 0 Å². The first-order valence-electron chi connectivity index (χ1n) is 5.91. The summed E-state index contributed by atoms with van der Waals surface area (Å²) < 4.78 is 0. The summed E-state index contributed by atoms with van der Waals surface area (Å²) in [5.74, 6) is 0. The van der Waals surface area contributed by atoms with Crippen LogP contribution in [0.15, 0.2) is 24.3 Å². The fourth-order valence-corrected chi connectivity index (χ4v) is 1.78. The molecule has 0 amide bonds. The molecule has 0 spiro atoms. The van der Waals surface area contributed by atoms with E-state index in [2.05, 4.69) is 43.4 Å². The maximum atomic E-state index is 9.62. The van der Waals surface area contributed by atoms with Crippen LogP contribution in [0.1, 0.15) is 44.4 Å². The molecule has 2 N–H and O–H groups in total. The van der Waals surface area contributed by atoms with Crippen LogP contribution in [-0.2, 0) is 0 Å². The van der Waals surface area contributed by atoms with Crippen LogP contribution in [0, 0.1) is 6.92 Å². The molecular formula is C14H23NO. The van der Waals surface area contributed by atoms with E-state index in [1.165, 1.54) is 11.1 Å². The molecule has 1 aromatic rings. The number of aliphatic hydroxyl groups is 1. The Hall–Kier alpha value is -0.860. The normalized spacial score (nSPS) is 13.8. The number of benzene rings is 1. The highest BCUT2D eigenvalue weighted by atomic mass is 16.3. The van der Waals surface area contributed by atoms with Gasteiger partial charge in [-0.05, 0) is 51.8 Å². The largest absolute Gasteiger partial charge is 0.390 e. The van der Waals surface area contributed by atoms with Crippen molar-refractivity contribution in [1.82, 2.24) is 5.32 Å². The van der Waals surface area contributed by atoms with Crippen LogP contribution < -0.4 is 5.32 Å². The van der Waals surface area contributed by atoms with Crippen molar-refractivity contribution in [3.05, 3.63) is 35.4 Å². The minimum absolute atomic E-state index is 0.337. The summed E-state index contributed by atoms with van der Waals surface area (Å²) in [5, 5.41) is 13.1. The van der Waals surface area contributed by atoms with Gasteiger partial charge in [0.05, 0.1) is 5.60 Å². The van der Waals surface area contributed by atoms with Gasteiger partial charge in [0.15, 0.2) is 0 Å². The number of rotatable bonds is 5. The Labute approximate surface area is 98.7 Å². The van der Waals surface area contributed by atoms with Gasteiger partial charge in [0.1, 0.15) is 0 Å². The van der Waals surface area contributed by atoms with Gasteiger partial charge in [-0.2, -0.15) is 0 Å². The zero-order valence-electron chi connectivity index (χ0n) is 10.7. The number of aryl methyl sites for hydroxylation is 1. The molecule has 0 aliphatic carbocycles. The molecule has 16 heavy (non-hydrogen) atoms. The van der Waals surface area contributed by atoms with Crippen molar-refractivity contribution in [3.63, 3.8) is 0 Å². The van der Waals surface area contributed by atoms with E-state index in [1.807, 2.05) is 13.8 Å². The third-order valence-corrected chi connectivity index (χ3v) is 2.84. The predicted molar refractivity (Wildman–Crippen MR) is 68.5 cm³/mol. The lowest BCUT2D eigenvalue weighted by Crippen LogP contribution is -2.28. The second kappa shape index (κ2) is 5.46. The molecule has 90 valence electrons. The molecule has 2 heteroatoms. The highest BCUT2D eigenvalue weighted by molar-refractivity contribution is 5.28. The van der Waals surface area contributed by atoms with E-state index in [1.54, 1.807) is 0 Å². The van der Waals surface area contributed by atoms with E-state index >= 15 is 0 Å². The van der Waals surface area contributed by atoms with Gasteiger partial charge in [-0.3, -0.25) is 0 Å². The van der Waals surface area contributed by atoms with Crippen LogP contribution >= 0.6 is 0 Å². The molecule has 1 rings (SSSR count). The van der Waals surface area contributed by atoms with Crippen molar-refractivity contribution < 1.29 is 5.11 Å². The summed E-state index contributed by atoms with van der Waals surface area (Å²) in [5.41, 5.74) is 2.06. The molecule has 0 radical (unpaired) electrons. The van der Waals surface area contributed by atoms with Gasteiger partial charge in [0.2, 0.25) is 0 Å². The highest BCUT2D eigenvalue weighted by Crippen LogP contribution is 2.17. The molecule has 0 aliphatic heterocycles. The molecule has 0 saturated carbocycles. The molecule has 0 bridgehead atoms. The standard InChI is InChI=1S/C14H23NO/c1-11-7-5-6-8-13(11)12(2)15-10-9-14(3,4)16/h5-8,12,15-16H,9-10H2,1-4H3/t12-/m0/s1. The van der Waals surface area contributed by atoms with Crippen molar-refractivity contribution in [3.8, 4) is 0 Å². The molecule has 0 aliphatic rings. The maximum Gasteiger partial charge on any atom is 0.0603 e. The topological polar surface area (TPSA) is 32.3 Å². The molecule has 0 unspecified atom stereocenters. The lowest BCUT2D eigenvalue weighted by atomic mass is 10.0. The summed E-state index contributed by atoms with van der Waals surface area (Å²) in [6.07, 6.45) is 0.767. The SMILES string of the molecule is Cc1ccccc1[C@H](C)NCCC(C)(C)O. The van der Waals surface area contributed by atoms with Crippen molar-refractivity contribution in [2.45, 2.75) is 45.8 Å². The summed E-state index contributed by atoms with van der Waals surface area (Å²) in [4.78, 5) is 0. The average molecular weight is 221 g/mol. The van der Waals surface area contributed by atoms with E-state index in [-0.39, 0.29) is 0 Å². The Morgan fingerprint density at radius 3 is 2.50 bits per heavy atom. The third kappa shape index (κ3) is 4.33. The average Bonchev–Trinajstić information content (AvgIpc) is 2.16. The Kier molecular flexibility index (Phi) is 4.51. The van der Waals surface area contributed by atoms with Crippen LogP contribution in [0.4, 0.5) is 0 Å². The lowest BCUT2D eigenvalue weighted by molar-refractivity contribution is 0.0705. The molecule has 0 saturated heterocycles. The fourth-order valence-electron chi connectivity index (χ4n) is 1.78. The van der Waals surface area contributed by atoms with Gasteiger partial charge in [-0.1, -0.05) is 24.3 Å². The van der Waals surface area contributed by atoms with Crippen LogP contribution in [0.3, 0.4) is 0 Å². The van der Waals surface area contributed by atoms with Gasteiger partial charge < -0.3 is 10.4 Å². The minimum atomic E-state index is -0.585. The first-order chi connectivity index (χ1) is 7.40. The van der Waals surface area contributed by atoms with Crippen LogP contribution in [0.5, 0.6) is 0 Å². The van der Waals surface area contributed by atoms with E-state index in [9.17, 15) is 5.11 Å². The van der Waals surface area contributed by atoms with Crippen LogP contribution in [0.2, 0.25) is 0 Å². The Morgan fingerprint density at radius 1 is 1.31 bits per heavy atom. The summed E-state index contributed by atoms with van der Waals surface area (Å²) in [6, 6.07) is 8.74. The lowest BCUT2D eigenvalue weighted by Gasteiger charge is -2.21. The third-order valence-electron chi connectivity index (χ3n) is 2.84. The first-order valence-corrected chi connectivity index (χ1v) is 5.91. The summed E-state index contributed by atoms with van der Waals surface area (Å²) in [6.45, 7) is 8.80. The Morgan fingerprint density at radius 2 is 1.94 bits per heavy atom. The number of nitrogens with one attached hydrogen (secondary N) is 1. The minimum Gasteiger partial charge on any atom is -0.390 e. The van der Waals surface area contributed by atoms with Crippen molar-refractivity contribution in [2.24, 2.45) is 0 Å². The van der Waals surface area contributed by atoms with Crippen molar-refractivity contribution >= 4 is 0 Å². The number of hydrogen-bond acceptors (Lipinski definition) is 2. The molecule has 1 atom stereocenters. The quantitative estimate of drug-likeness (QED) is 0.801. The second-order valence-electron chi connectivity index (χ2n) is 5.09.